The number of fused-ring (bicyclic) bond motifs is 1. The molecule has 0 bridgehead atoms. The quantitative estimate of drug-likeness (QED) is 0.402. The molecular formula is C26H28ClN5O4S. The molecule has 1 aliphatic rings. The second kappa shape index (κ2) is 11.8. The zero-order valence-electron chi connectivity index (χ0n) is 20.8. The molecule has 0 atom stereocenters. The summed E-state index contributed by atoms with van der Waals surface area (Å²) in [7, 11) is 1.30. The van der Waals surface area contributed by atoms with Crippen LogP contribution in [0.1, 0.15) is 56.6 Å². The number of hydrogen-bond donors (Lipinski definition) is 2. The standard InChI is InChI=1S/C26H28ClN5O4S/c1-15(2)32-11-10-19-21(14-32)37-25(30-19)24(34)29-20-12-17(26(35)36-3)5-4-16(20)6-9-23(33)31-22-8-7-18(27)13-28-22/h4-5,7-8,12-13,15H,6,9-11,14H2,1-3H3,(H,29,34)(H,28,31,33). The van der Waals surface area contributed by atoms with Crippen molar-refractivity contribution < 1.29 is 19.1 Å². The van der Waals surface area contributed by atoms with Crippen LogP contribution in [-0.4, -0.2) is 52.3 Å². The first kappa shape index (κ1) is 26.7. The van der Waals surface area contributed by atoms with Crippen molar-refractivity contribution in [3.8, 4) is 0 Å². The summed E-state index contributed by atoms with van der Waals surface area (Å²) in [5.74, 6) is -0.722. The summed E-state index contributed by atoms with van der Waals surface area (Å²) >= 11 is 7.23. The predicted octanol–water partition coefficient (Wildman–Crippen LogP) is 4.57. The molecule has 11 heteroatoms. The Morgan fingerprint density at radius 2 is 2.00 bits per heavy atom. The fourth-order valence-corrected chi connectivity index (χ4v) is 5.13. The molecular weight excluding hydrogens is 514 g/mol. The fourth-order valence-electron chi connectivity index (χ4n) is 3.99. The summed E-state index contributed by atoms with van der Waals surface area (Å²) in [5.41, 5.74) is 2.39. The molecule has 2 N–H and O–H groups in total. The molecule has 3 heterocycles. The zero-order valence-corrected chi connectivity index (χ0v) is 22.4. The molecule has 9 nitrogen and oxygen atoms in total. The maximum Gasteiger partial charge on any atom is 0.337 e. The molecule has 194 valence electrons. The summed E-state index contributed by atoms with van der Waals surface area (Å²) in [6, 6.07) is 8.56. The molecule has 2 amide bonds. The number of aryl methyl sites for hydroxylation is 1. The van der Waals surface area contributed by atoms with Crippen LogP contribution < -0.4 is 10.6 Å². The maximum absolute atomic E-state index is 13.2. The van der Waals surface area contributed by atoms with Crippen LogP contribution in [0.15, 0.2) is 36.5 Å². The lowest BCUT2D eigenvalue weighted by molar-refractivity contribution is -0.116. The second-order valence-electron chi connectivity index (χ2n) is 8.93. The van der Waals surface area contributed by atoms with E-state index in [-0.39, 0.29) is 18.2 Å². The average Bonchev–Trinajstić information content (AvgIpc) is 3.32. The minimum Gasteiger partial charge on any atom is -0.465 e. The minimum atomic E-state index is -0.521. The number of nitrogens with one attached hydrogen (secondary N) is 2. The van der Waals surface area contributed by atoms with Crippen LogP contribution in [0.2, 0.25) is 5.02 Å². The lowest BCUT2D eigenvalue weighted by Gasteiger charge is -2.29. The van der Waals surface area contributed by atoms with E-state index >= 15 is 0 Å². The Hall–Kier alpha value is -3.34. The highest BCUT2D eigenvalue weighted by Crippen LogP contribution is 2.28. The summed E-state index contributed by atoms with van der Waals surface area (Å²) in [4.78, 5) is 49.8. The topological polar surface area (TPSA) is 114 Å². The van der Waals surface area contributed by atoms with E-state index in [4.69, 9.17) is 16.3 Å². The molecule has 0 unspecified atom stereocenters. The summed E-state index contributed by atoms with van der Waals surface area (Å²) in [6.45, 7) is 6.00. The van der Waals surface area contributed by atoms with E-state index in [9.17, 15) is 14.4 Å². The summed E-state index contributed by atoms with van der Waals surface area (Å²) in [6.07, 6.45) is 2.72. The third-order valence-corrected chi connectivity index (χ3v) is 7.39. The number of carbonyl (C=O) groups excluding carboxylic acids is 3. The van der Waals surface area contributed by atoms with E-state index in [0.717, 1.165) is 30.1 Å². The van der Waals surface area contributed by atoms with Gasteiger partial charge in [-0.05, 0) is 50.1 Å². The molecule has 2 aromatic heterocycles. The lowest BCUT2D eigenvalue weighted by Crippen LogP contribution is -2.35. The molecule has 0 saturated carbocycles. The van der Waals surface area contributed by atoms with Crippen LogP contribution in [-0.2, 0) is 28.9 Å². The Morgan fingerprint density at radius 3 is 2.70 bits per heavy atom. The van der Waals surface area contributed by atoms with Gasteiger partial charge < -0.3 is 15.4 Å². The first-order valence-electron chi connectivity index (χ1n) is 11.9. The van der Waals surface area contributed by atoms with Gasteiger partial charge in [0, 0.05) is 48.7 Å². The van der Waals surface area contributed by atoms with Crippen LogP contribution in [0, 0.1) is 0 Å². The van der Waals surface area contributed by atoms with Crippen LogP contribution in [0.5, 0.6) is 0 Å². The number of esters is 1. The van der Waals surface area contributed by atoms with Gasteiger partial charge in [-0.1, -0.05) is 17.7 Å². The highest BCUT2D eigenvalue weighted by atomic mass is 35.5. The molecule has 0 fully saturated rings. The number of rotatable bonds is 8. The van der Waals surface area contributed by atoms with Gasteiger partial charge in [0.05, 0.1) is 23.4 Å². The number of benzene rings is 1. The Bertz CT molecular complexity index is 1310. The molecule has 0 spiro atoms. The molecule has 1 aromatic carbocycles. The number of nitrogens with zero attached hydrogens (tertiary/aromatic N) is 3. The van der Waals surface area contributed by atoms with Gasteiger partial charge in [-0.25, -0.2) is 14.8 Å². The number of carbonyl (C=O) groups is 3. The number of aromatic nitrogens is 2. The van der Waals surface area contributed by atoms with E-state index in [1.807, 2.05) is 0 Å². The lowest BCUT2D eigenvalue weighted by atomic mass is 10.0. The third-order valence-electron chi connectivity index (χ3n) is 6.08. The maximum atomic E-state index is 13.2. The number of amides is 2. The van der Waals surface area contributed by atoms with Crippen molar-refractivity contribution in [1.29, 1.82) is 0 Å². The van der Waals surface area contributed by atoms with Gasteiger partial charge in [-0.15, -0.1) is 11.3 Å². The Kier molecular flexibility index (Phi) is 8.52. The van der Waals surface area contributed by atoms with Gasteiger partial charge in [0.25, 0.3) is 5.91 Å². The fraction of sp³-hybridized carbons (Fsp3) is 0.346. The number of hydrogen-bond acceptors (Lipinski definition) is 8. The van der Waals surface area contributed by atoms with Crippen molar-refractivity contribution in [3.63, 3.8) is 0 Å². The molecule has 4 rings (SSSR count). The van der Waals surface area contributed by atoms with Gasteiger partial charge >= 0.3 is 5.97 Å². The predicted molar refractivity (Wildman–Crippen MR) is 143 cm³/mol. The number of halogens is 1. The van der Waals surface area contributed by atoms with E-state index in [1.165, 1.54) is 24.6 Å². The monoisotopic (exact) mass is 541 g/mol. The Labute approximate surface area is 224 Å². The minimum absolute atomic E-state index is 0.140. The third kappa shape index (κ3) is 6.71. The van der Waals surface area contributed by atoms with Crippen molar-refractivity contribution in [2.45, 2.75) is 45.7 Å². The molecule has 1 aliphatic heterocycles. The summed E-state index contributed by atoms with van der Waals surface area (Å²) in [5, 5.41) is 6.47. The van der Waals surface area contributed by atoms with Gasteiger partial charge in [-0.2, -0.15) is 0 Å². The van der Waals surface area contributed by atoms with Crippen LogP contribution in [0.4, 0.5) is 11.5 Å². The Balaban J connectivity index is 1.49. The van der Waals surface area contributed by atoms with Crippen LogP contribution >= 0.6 is 22.9 Å². The van der Waals surface area contributed by atoms with Gasteiger partial charge in [0.2, 0.25) is 5.91 Å². The van der Waals surface area contributed by atoms with Crippen molar-refractivity contribution >= 4 is 52.2 Å². The molecule has 37 heavy (non-hydrogen) atoms. The van der Waals surface area contributed by atoms with Gasteiger partial charge in [0.15, 0.2) is 5.01 Å². The van der Waals surface area contributed by atoms with E-state index < -0.39 is 5.97 Å². The smallest absolute Gasteiger partial charge is 0.337 e. The van der Waals surface area contributed by atoms with E-state index in [0.29, 0.717) is 45.1 Å². The SMILES string of the molecule is COC(=O)c1ccc(CCC(=O)Nc2ccc(Cl)cn2)c(NC(=O)c2nc3c(s2)CN(C(C)C)CC3)c1. The van der Waals surface area contributed by atoms with Crippen molar-refractivity contribution in [3.05, 3.63) is 68.3 Å². The largest absolute Gasteiger partial charge is 0.465 e. The van der Waals surface area contributed by atoms with Crippen molar-refractivity contribution in [1.82, 2.24) is 14.9 Å². The number of thiazole rings is 1. The van der Waals surface area contributed by atoms with E-state index in [2.05, 4.69) is 39.3 Å². The van der Waals surface area contributed by atoms with Crippen molar-refractivity contribution in [2.24, 2.45) is 0 Å². The normalized spacial score (nSPS) is 13.2. The number of ether oxygens (including phenoxy) is 1. The second-order valence-corrected chi connectivity index (χ2v) is 10.5. The van der Waals surface area contributed by atoms with Crippen LogP contribution in [0.3, 0.4) is 0 Å². The first-order chi connectivity index (χ1) is 17.7. The van der Waals surface area contributed by atoms with Gasteiger partial charge in [-0.3, -0.25) is 14.5 Å². The average molecular weight is 542 g/mol. The summed E-state index contributed by atoms with van der Waals surface area (Å²) < 4.78 is 4.83. The molecule has 0 radical (unpaired) electrons. The van der Waals surface area contributed by atoms with Crippen molar-refractivity contribution in [2.75, 3.05) is 24.3 Å². The Morgan fingerprint density at radius 1 is 1.19 bits per heavy atom. The molecule has 0 saturated heterocycles. The first-order valence-corrected chi connectivity index (χ1v) is 13.1. The molecule has 0 aliphatic carbocycles. The highest BCUT2D eigenvalue weighted by molar-refractivity contribution is 7.13. The van der Waals surface area contributed by atoms with Crippen LogP contribution in [0.25, 0.3) is 0 Å². The zero-order chi connectivity index (χ0) is 26.5. The van der Waals surface area contributed by atoms with Gasteiger partial charge in [0.1, 0.15) is 5.82 Å². The molecule has 3 aromatic rings. The highest BCUT2D eigenvalue weighted by Gasteiger charge is 2.25. The number of methoxy groups -OCH3 is 1. The number of pyridine rings is 1. The van der Waals surface area contributed by atoms with E-state index in [1.54, 1.807) is 30.3 Å². The number of anilines is 2.